The molecule has 1 aromatic rings. The Balaban J connectivity index is 2.92. The van der Waals surface area contributed by atoms with Gasteiger partial charge in [0.05, 0.1) is 4.92 Å². The first-order valence-corrected chi connectivity index (χ1v) is 5.52. The number of halogens is 1. The van der Waals surface area contributed by atoms with Gasteiger partial charge in [0, 0.05) is 25.1 Å². The molecule has 0 unspecified atom stereocenters. The van der Waals surface area contributed by atoms with E-state index in [9.17, 15) is 14.9 Å². The molecule has 0 atom stereocenters. The minimum absolute atomic E-state index is 0.0847. The summed E-state index contributed by atoms with van der Waals surface area (Å²) in [6.07, 6.45) is 3.22. The van der Waals surface area contributed by atoms with Gasteiger partial charge in [-0.05, 0) is 6.92 Å². The van der Waals surface area contributed by atoms with Gasteiger partial charge in [-0.1, -0.05) is 23.8 Å². The van der Waals surface area contributed by atoms with Gasteiger partial charge in [0.2, 0.25) is 5.91 Å². The number of aryl methyl sites for hydroxylation is 1. The van der Waals surface area contributed by atoms with Crippen LogP contribution in [0.15, 0.2) is 12.1 Å². The van der Waals surface area contributed by atoms with Crippen molar-refractivity contribution >= 4 is 29.3 Å². The van der Waals surface area contributed by atoms with E-state index in [1.54, 1.807) is 12.2 Å². The number of amides is 1. The third-order valence-corrected chi connectivity index (χ3v) is 2.43. The van der Waals surface area contributed by atoms with Crippen molar-refractivity contribution in [2.75, 3.05) is 6.54 Å². The predicted octanol–water partition coefficient (Wildman–Crippen LogP) is 2.10. The maximum atomic E-state index is 10.7. The van der Waals surface area contributed by atoms with Crippen LogP contribution < -0.4 is 5.32 Å². The van der Waals surface area contributed by atoms with Crippen LogP contribution in [0.3, 0.4) is 0 Å². The fraction of sp³-hybridized carbons (Fsp3) is 0.273. The number of aromatic nitrogens is 1. The molecule has 0 fully saturated rings. The third kappa shape index (κ3) is 3.81. The standard InChI is InChI=1S/C11H12ClN3O3/c1-7-10(15(17)18)6-9(11(12)14-7)4-3-5-13-8(2)16/h3-4,6H,5H2,1-2H3,(H,13,16). The molecule has 6 nitrogen and oxygen atoms in total. The largest absolute Gasteiger partial charge is 0.353 e. The zero-order chi connectivity index (χ0) is 13.7. The van der Waals surface area contributed by atoms with Gasteiger partial charge in [0.1, 0.15) is 10.8 Å². The van der Waals surface area contributed by atoms with Crippen LogP contribution in [-0.4, -0.2) is 22.4 Å². The molecule has 1 heterocycles. The number of carbonyl (C=O) groups excluding carboxylic acids is 1. The van der Waals surface area contributed by atoms with Crippen LogP contribution in [0.5, 0.6) is 0 Å². The monoisotopic (exact) mass is 269 g/mol. The van der Waals surface area contributed by atoms with Crippen molar-refractivity contribution in [1.29, 1.82) is 0 Å². The second kappa shape index (κ2) is 6.11. The van der Waals surface area contributed by atoms with Crippen LogP contribution in [0.25, 0.3) is 6.08 Å². The number of pyridine rings is 1. The van der Waals surface area contributed by atoms with Gasteiger partial charge in [0.15, 0.2) is 0 Å². The van der Waals surface area contributed by atoms with E-state index >= 15 is 0 Å². The Labute approximate surface area is 109 Å². The van der Waals surface area contributed by atoms with Crippen LogP contribution in [0.1, 0.15) is 18.2 Å². The van der Waals surface area contributed by atoms with Crippen molar-refractivity contribution in [3.05, 3.63) is 38.7 Å². The lowest BCUT2D eigenvalue weighted by atomic mass is 10.2. The molecule has 0 radical (unpaired) electrons. The second-order valence-corrected chi connectivity index (χ2v) is 3.93. The summed E-state index contributed by atoms with van der Waals surface area (Å²) in [5, 5.41) is 13.5. The molecule has 7 heteroatoms. The number of nitrogens with zero attached hydrogens (tertiary/aromatic N) is 2. The molecule has 1 rings (SSSR count). The van der Waals surface area contributed by atoms with Crippen molar-refractivity contribution in [2.45, 2.75) is 13.8 Å². The van der Waals surface area contributed by atoms with E-state index in [4.69, 9.17) is 11.6 Å². The molecule has 0 saturated heterocycles. The molecular weight excluding hydrogens is 258 g/mol. The van der Waals surface area contributed by atoms with Gasteiger partial charge in [0.25, 0.3) is 5.69 Å². The average molecular weight is 270 g/mol. The van der Waals surface area contributed by atoms with E-state index in [1.165, 1.54) is 19.9 Å². The molecule has 1 amide bonds. The summed E-state index contributed by atoms with van der Waals surface area (Å²) in [6.45, 7) is 3.25. The van der Waals surface area contributed by atoms with Gasteiger partial charge < -0.3 is 5.32 Å². The molecule has 1 N–H and O–H groups in total. The molecule has 18 heavy (non-hydrogen) atoms. The normalized spacial score (nSPS) is 10.6. The summed E-state index contributed by atoms with van der Waals surface area (Å²) in [7, 11) is 0. The molecule has 1 aromatic heterocycles. The first kappa shape index (κ1) is 14.1. The highest BCUT2D eigenvalue weighted by Crippen LogP contribution is 2.23. The minimum atomic E-state index is -0.510. The summed E-state index contributed by atoms with van der Waals surface area (Å²) in [5.41, 5.74) is 0.627. The van der Waals surface area contributed by atoms with Crippen LogP contribution >= 0.6 is 11.6 Å². The summed E-state index contributed by atoms with van der Waals surface area (Å²) < 4.78 is 0. The highest BCUT2D eigenvalue weighted by atomic mass is 35.5. The Bertz CT molecular complexity index is 515. The topological polar surface area (TPSA) is 85.1 Å². The zero-order valence-corrected chi connectivity index (χ0v) is 10.7. The minimum Gasteiger partial charge on any atom is -0.353 e. The number of carbonyl (C=O) groups is 1. The first-order chi connectivity index (χ1) is 8.41. The first-order valence-electron chi connectivity index (χ1n) is 5.14. The van der Waals surface area contributed by atoms with Crippen molar-refractivity contribution < 1.29 is 9.72 Å². The number of hydrogen-bond donors (Lipinski definition) is 1. The quantitative estimate of drug-likeness (QED) is 0.515. The summed E-state index contributed by atoms with van der Waals surface area (Å²) >= 11 is 5.88. The van der Waals surface area contributed by atoms with Gasteiger partial charge >= 0.3 is 0 Å². The maximum absolute atomic E-state index is 10.7. The molecule has 0 saturated carbocycles. The molecule has 0 aliphatic rings. The third-order valence-electron chi connectivity index (χ3n) is 2.13. The SMILES string of the molecule is CC(=O)NCC=Cc1cc([N+](=O)[O-])c(C)nc1Cl. The predicted molar refractivity (Wildman–Crippen MR) is 68.4 cm³/mol. The Morgan fingerprint density at radius 1 is 1.67 bits per heavy atom. The molecule has 96 valence electrons. The van der Waals surface area contributed by atoms with Gasteiger partial charge in [-0.25, -0.2) is 4.98 Å². The molecule has 0 aromatic carbocycles. The average Bonchev–Trinajstić information content (AvgIpc) is 2.25. The van der Waals surface area contributed by atoms with Gasteiger partial charge in [-0.15, -0.1) is 0 Å². The van der Waals surface area contributed by atoms with Crippen LogP contribution in [0.4, 0.5) is 5.69 Å². The molecule has 0 spiro atoms. The fourth-order valence-corrected chi connectivity index (χ4v) is 1.51. The van der Waals surface area contributed by atoms with Crippen molar-refractivity contribution in [3.63, 3.8) is 0 Å². The Kier molecular flexibility index (Phi) is 4.79. The fourth-order valence-electron chi connectivity index (χ4n) is 1.27. The summed E-state index contributed by atoms with van der Waals surface area (Å²) in [5.74, 6) is -0.154. The van der Waals surface area contributed by atoms with Gasteiger partial charge in [-0.2, -0.15) is 0 Å². The lowest BCUT2D eigenvalue weighted by Crippen LogP contribution is -2.19. The molecule has 0 aliphatic heterocycles. The van der Waals surface area contributed by atoms with Crippen molar-refractivity contribution in [2.24, 2.45) is 0 Å². The van der Waals surface area contributed by atoms with Crippen LogP contribution in [-0.2, 0) is 4.79 Å². The van der Waals surface area contributed by atoms with Gasteiger partial charge in [-0.3, -0.25) is 14.9 Å². The maximum Gasteiger partial charge on any atom is 0.291 e. The molecular formula is C11H12ClN3O3. The van der Waals surface area contributed by atoms with Crippen molar-refractivity contribution in [3.8, 4) is 0 Å². The Morgan fingerprint density at radius 3 is 2.89 bits per heavy atom. The van der Waals surface area contributed by atoms with Crippen molar-refractivity contribution in [1.82, 2.24) is 10.3 Å². The highest BCUT2D eigenvalue weighted by Gasteiger charge is 2.14. The lowest BCUT2D eigenvalue weighted by molar-refractivity contribution is -0.385. The lowest BCUT2D eigenvalue weighted by Gasteiger charge is -2.01. The van der Waals surface area contributed by atoms with E-state index in [0.29, 0.717) is 12.1 Å². The van der Waals surface area contributed by atoms with E-state index in [0.717, 1.165) is 0 Å². The smallest absolute Gasteiger partial charge is 0.291 e. The number of hydrogen-bond acceptors (Lipinski definition) is 4. The van der Waals surface area contributed by atoms with Crippen LogP contribution in [0.2, 0.25) is 5.15 Å². The molecule has 0 bridgehead atoms. The number of nitro groups is 1. The van der Waals surface area contributed by atoms with E-state index in [-0.39, 0.29) is 22.4 Å². The van der Waals surface area contributed by atoms with E-state index in [2.05, 4.69) is 10.3 Å². The summed E-state index contributed by atoms with van der Waals surface area (Å²) in [4.78, 5) is 24.8. The zero-order valence-electron chi connectivity index (χ0n) is 9.94. The number of nitrogens with one attached hydrogen (secondary N) is 1. The van der Waals surface area contributed by atoms with E-state index in [1.807, 2.05) is 0 Å². The Morgan fingerprint density at radius 2 is 2.33 bits per heavy atom. The van der Waals surface area contributed by atoms with Crippen LogP contribution in [0, 0.1) is 17.0 Å². The Hall–Kier alpha value is -1.95. The second-order valence-electron chi connectivity index (χ2n) is 3.57. The summed E-state index contributed by atoms with van der Waals surface area (Å²) in [6, 6.07) is 1.36. The molecule has 0 aliphatic carbocycles. The van der Waals surface area contributed by atoms with E-state index < -0.39 is 4.92 Å². The number of rotatable bonds is 4. The highest BCUT2D eigenvalue weighted by molar-refractivity contribution is 6.30.